The summed E-state index contributed by atoms with van der Waals surface area (Å²) < 4.78 is 4.58. The molecular formula is C9H15NSSi. The van der Waals surface area contributed by atoms with Crippen LogP contribution in [0.5, 0.6) is 0 Å². The van der Waals surface area contributed by atoms with Gasteiger partial charge < -0.3 is 4.66 Å². The molecule has 0 N–H and O–H groups in total. The summed E-state index contributed by atoms with van der Waals surface area (Å²) >= 11 is 1.76. The first kappa shape index (κ1) is 9.67. The van der Waals surface area contributed by atoms with Gasteiger partial charge in [0.15, 0.2) is 8.24 Å². The van der Waals surface area contributed by atoms with Crippen LogP contribution in [0.25, 0.3) is 0 Å². The summed E-state index contributed by atoms with van der Waals surface area (Å²) in [6.45, 7) is 8.85. The minimum Gasteiger partial charge on any atom is -0.328 e. The van der Waals surface area contributed by atoms with E-state index in [-0.39, 0.29) is 0 Å². The molecule has 0 atom stereocenters. The molecule has 12 heavy (non-hydrogen) atoms. The third-order valence-electron chi connectivity index (χ3n) is 1.47. The van der Waals surface area contributed by atoms with Crippen LogP contribution in [-0.2, 0) is 0 Å². The zero-order valence-electron chi connectivity index (χ0n) is 8.09. The summed E-state index contributed by atoms with van der Waals surface area (Å²) in [6.07, 6.45) is 2.03. The van der Waals surface area contributed by atoms with E-state index in [1.807, 2.05) is 6.21 Å². The molecule has 0 aromatic carbocycles. The number of rotatable bonds is 2. The quantitative estimate of drug-likeness (QED) is 0.509. The van der Waals surface area contributed by atoms with Crippen LogP contribution in [0.4, 0.5) is 0 Å². The first-order valence-electron chi connectivity index (χ1n) is 4.08. The Morgan fingerprint density at radius 2 is 2.08 bits per heavy atom. The fraction of sp³-hybridized carbons (Fsp3) is 0.444. The monoisotopic (exact) mass is 197 g/mol. The molecule has 0 amide bonds. The Bertz CT molecular complexity index is 283. The van der Waals surface area contributed by atoms with Crippen LogP contribution in [0.1, 0.15) is 10.4 Å². The molecule has 0 unspecified atom stereocenters. The van der Waals surface area contributed by atoms with Crippen LogP contribution in [0, 0.1) is 6.92 Å². The second-order valence-electron chi connectivity index (χ2n) is 3.90. The first-order chi connectivity index (χ1) is 5.49. The second-order valence-corrected chi connectivity index (χ2v) is 9.44. The topological polar surface area (TPSA) is 12.4 Å². The van der Waals surface area contributed by atoms with Gasteiger partial charge in [-0.15, -0.1) is 11.3 Å². The summed E-state index contributed by atoms with van der Waals surface area (Å²) in [4.78, 5) is 1.30. The summed E-state index contributed by atoms with van der Waals surface area (Å²) in [6, 6.07) is 2.14. The minimum absolute atomic E-state index is 1.26. The van der Waals surface area contributed by atoms with E-state index < -0.39 is 8.24 Å². The number of hydrogen-bond acceptors (Lipinski definition) is 2. The number of nitrogens with zero attached hydrogens (tertiary/aromatic N) is 1. The maximum atomic E-state index is 4.58. The normalized spacial score (nSPS) is 12.7. The van der Waals surface area contributed by atoms with E-state index in [1.54, 1.807) is 11.3 Å². The highest BCUT2D eigenvalue weighted by molar-refractivity contribution is 7.12. The van der Waals surface area contributed by atoms with Gasteiger partial charge in [-0.3, -0.25) is 0 Å². The summed E-state index contributed by atoms with van der Waals surface area (Å²) in [5, 5.41) is 2.11. The average molecular weight is 197 g/mol. The molecule has 0 aliphatic rings. The Labute approximate surface area is 79.3 Å². The van der Waals surface area contributed by atoms with E-state index in [4.69, 9.17) is 0 Å². The predicted molar refractivity (Wildman–Crippen MR) is 60.0 cm³/mol. The molecule has 0 spiro atoms. The molecule has 1 rings (SSSR count). The van der Waals surface area contributed by atoms with E-state index in [2.05, 4.69) is 42.7 Å². The van der Waals surface area contributed by atoms with Crippen molar-refractivity contribution < 1.29 is 0 Å². The predicted octanol–water partition coefficient (Wildman–Crippen LogP) is 3.31. The lowest BCUT2D eigenvalue weighted by molar-refractivity contribution is 1.52. The van der Waals surface area contributed by atoms with Crippen molar-refractivity contribution >= 4 is 25.8 Å². The van der Waals surface area contributed by atoms with Crippen LogP contribution in [0.15, 0.2) is 16.1 Å². The van der Waals surface area contributed by atoms with Gasteiger partial charge in [0.05, 0.1) is 0 Å². The van der Waals surface area contributed by atoms with Crippen LogP contribution < -0.4 is 0 Å². The minimum atomic E-state index is -1.26. The van der Waals surface area contributed by atoms with E-state index in [0.29, 0.717) is 0 Å². The van der Waals surface area contributed by atoms with Gasteiger partial charge in [-0.1, -0.05) is 0 Å². The van der Waals surface area contributed by atoms with Crippen molar-refractivity contribution in [1.82, 2.24) is 0 Å². The molecule has 0 bridgehead atoms. The van der Waals surface area contributed by atoms with Gasteiger partial charge in [0.2, 0.25) is 0 Å². The first-order valence-corrected chi connectivity index (χ1v) is 8.41. The highest BCUT2D eigenvalue weighted by Crippen LogP contribution is 2.13. The summed E-state index contributed by atoms with van der Waals surface area (Å²) in [5.74, 6) is 0. The molecule has 1 aromatic rings. The fourth-order valence-electron chi connectivity index (χ4n) is 0.769. The average Bonchev–Trinajstić information content (AvgIpc) is 2.29. The number of aryl methyl sites for hydroxylation is 1. The van der Waals surface area contributed by atoms with Crippen molar-refractivity contribution in [3.8, 4) is 0 Å². The lowest BCUT2D eigenvalue weighted by atomic mass is 10.3. The van der Waals surface area contributed by atoms with Crippen molar-refractivity contribution in [3.63, 3.8) is 0 Å². The zero-order chi connectivity index (χ0) is 9.19. The van der Waals surface area contributed by atoms with Crippen LogP contribution >= 0.6 is 11.3 Å². The maximum Gasteiger partial charge on any atom is 0.172 e. The summed E-state index contributed by atoms with van der Waals surface area (Å²) in [5.41, 5.74) is 1.34. The smallest absolute Gasteiger partial charge is 0.172 e. The number of hydrogen-bond donors (Lipinski definition) is 0. The second kappa shape index (κ2) is 3.54. The van der Waals surface area contributed by atoms with Crippen molar-refractivity contribution in [3.05, 3.63) is 21.9 Å². The number of thiophene rings is 1. The Kier molecular flexibility index (Phi) is 2.85. The van der Waals surface area contributed by atoms with E-state index in [1.165, 1.54) is 10.4 Å². The molecule has 0 radical (unpaired) electrons. The lowest BCUT2D eigenvalue weighted by Crippen LogP contribution is -2.16. The summed E-state index contributed by atoms with van der Waals surface area (Å²) in [7, 11) is -1.26. The third-order valence-corrected chi connectivity index (χ3v) is 3.33. The molecule has 0 fully saturated rings. The van der Waals surface area contributed by atoms with Gasteiger partial charge in [0.25, 0.3) is 0 Å². The molecule has 1 heterocycles. The maximum absolute atomic E-state index is 4.58. The molecule has 1 nitrogen and oxygen atoms in total. The fourth-order valence-corrected chi connectivity index (χ4v) is 2.17. The zero-order valence-corrected chi connectivity index (χ0v) is 9.90. The van der Waals surface area contributed by atoms with Crippen molar-refractivity contribution in [2.75, 3.05) is 0 Å². The van der Waals surface area contributed by atoms with Gasteiger partial charge >= 0.3 is 0 Å². The molecule has 0 saturated carbocycles. The van der Waals surface area contributed by atoms with Gasteiger partial charge in [-0.05, 0) is 43.6 Å². The highest BCUT2D eigenvalue weighted by atomic mass is 32.1. The largest absolute Gasteiger partial charge is 0.328 e. The van der Waals surface area contributed by atoms with E-state index in [9.17, 15) is 0 Å². The lowest BCUT2D eigenvalue weighted by Gasteiger charge is -2.06. The van der Waals surface area contributed by atoms with E-state index >= 15 is 0 Å². The molecule has 1 aromatic heterocycles. The molecule has 3 heteroatoms. The Hall–Kier alpha value is -0.413. The molecule has 0 saturated heterocycles. The van der Waals surface area contributed by atoms with Gasteiger partial charge in [-0.2, -0.15) is 0 Å². The Morgan fingerprint density at radius 1 is 1.42 bits per heavy atom. The molecule has 0 aliphatic carbocycles. The van der Waals surface area contributed by atoms with Gasteiger partial charge in [0, 0.05) is 11.1 Å². The standard InChI is InChI=1S/C9H15NSSi/c1-8-5-6-11-9(8)7-10-12(2,3)4/h5-7H,1-4H3. The molecule has 0 aliphatic heterocycles. The molecule has 66 valence electrons. The highest BCUT2D eigenvalue weighted by Gasteiger charge is 2.09. The Balaban J connectivity index is 2.77. The van der Waals surface area contributed by atoms with Gasteiger partial charge in [0.1, 0.15) is 0 Å². The van der Waals surface area contributed by atoms with Crippen molar-refractivity contribution in [2.24, 2.45) is 4.66 Å². The van der Waals surface area contributed by atoms with Crippen LogP contribution in [0.3, 0.4) is 0 Å². The van der Waals surface area contributed by atoms with Gasteiger partial charge in [-0.25, -0.2) is 0 Å². The van der Waals surface area contributed by atoms with Crippen molar-refractivity contribution in [2.45, 2.75) is 26.6 Å². The molecular weight excluding hydrogens is 182 g/mol. The van der Waals surface area contributed by atoms with Crippen LogP contribution in [-0.4, -0.2) is 14.5 Å². The van der Waals surface area contributed by atoms with Crippen molar-refractivity contribution in [1.29, 1.82) is 0 Å². The third kappa shape index (κ3) is 2.91. The SMILES string of the molecule is Cc1ccsc1C=N[Si](C)(C)C. The Morgan fingerprint density at radius 3 is 2.50 bits per heavy atom. The van der Waals surface area contributed by atoms with Crippen LogP contribution in [0.2, 0.25) is 19.6 Å². The van der Waals surface area contributed by atoms with E-state index in [0.717, 1.165) is 0 Å².